The van der Waals surface area contributed by atoms with Crippen LogP contribution in [0.5, 0.6) is 0 Å². The summed E-state index contributed by atoms with van der Waals surface area (Å²) >= 11 is 2.94. The lowest BCUT2D eigenvalue weighted by molar-refractivity contribution is -0.113. The Kier molecular flexibility index (Phi) is 5.48. The van der Waals surface area contributed by atoms with Crippen LogP contribution in [0.25, 0.3) is 0 Å². The van der Waals surface area contributed by atoms with Crippen molar-refractivity contribution in [2.24, 2.45) is 0 Å². The number of carbonyl (C=O) groups excluding carboxylic acids is 1. The molecule has 1 aromatic rings. The molecule has 88 valence electrons. The summed E-state index contributed by atoms with van der Waals surface area (Å²) in [7, 11) is 0. The summed E-state index contributed by atoms with van der Waals surface area (Å²) in [5.41, 5.74) is 0. The number of hydrogen-bond acceptors (Lipinski definition) is 5. The third-order valence-corrected chi connectivity index (χ3v) is 3.73. The SMILES string of the molecule is C=CCSCC(=O)Nc1nnc(C(C)C)s1. The second-order valence-corrected chi connectivity index (χ2v) is 5.49. The van der Waals surface area contributed by atoms with Crippen molar-refractivity contribution in [2.45, 2.75) is 19.8 Å². The first-order valence-electron chi connectivity index (χ1n) is 4.95. The predicted molar refractivity (Wildman–Crippen MR) is 70.1 cm³/mol. The van der Waals surface area contributed by atoms with E-state index in [1.54, 1.807) is 6.08 Å². The van der Waals surface area contributed by atoms with Crippen molar-refractivity contribution in [3.8, 4) is 0 Å². The molecule has 0 aromatic carbocycles. The van der Waals surface area contributed by atoms with Crippen LogP contribution in [0.4, 0.5) is 5.13 Å². The highest BCUT2D eigenvalue weighted by molar-refractivity contribution is 8.00. The lowest BCUT2D eigenvalue weighted by Crippen LogP contribution is -2.13. The van der Waals surface area contributed by atoms with Gasteiger partial charge in [0.15, 0.2) is 0 Å². The first kappa shape index (κ1) is 13.2. The van der Waals surface area contributed by atoms with Gasteiger partial charge in [0.25, 0.3) is 0 Å². The molecule has 1 amide bonds. The van der Waals surface area contributed by atoms with Gasteiger partial charge in [-0.2, -0.15) is 0 Å². The molecule has 0 atom stereocenters. The summed E-state index contributed by atoms with van der Waals surface area (Å²) in [6, 6.07) is 0. The molecule has 0 saturated heterocycles. The highest BCUT2D eigenvalue weighted by Gasteiger charge is 2.09. The minimum Gasteiger partial charge on any atom is -0.300 e. The van der Waals surface area contributed by atoms with Crippen LogP contribution >= 0.6 is 23.1 Å². The smallest absolute Gasteiger partial charge is 0.236 e. The summed E-state index contributed by atoms with van der Waals surface area (Å²) < 4.78 is 0. The number of aromatic nitrogens is 2. The van der Waals surface area contributed by atoms with Crippen molar-refractivity contribution in [1.82, 2.24) is 10.2 Å². The quantitative estimate of drug-likeness (QED) is 0.628. The maximum atomic E-state index is 11.4. The van der Waals surface area contributed by atoms with Gasteiger partial charge in [-0.15, -0.1) is 28.5 Å². The second-order valence-electron chi connectivity index (χ2n) is 3.45. The van der Waals surface area contributed by atoms with Crippen molar-refractivity contribution in [2.75, 3.05) is 16.8 Å². The molecule has 0 aliphatic carbocycles. The number of carbonyl (C=O) groups is 1. The summed E-state index contributed by atoms with van der Waals surface area (Å²) in [5, 5.41) is 12.2. The van der Waals surface area contributed by atoms with E-state index >= 15 is 0 Å². The molecular weight excluding hydrogens is 242 g/mol. The zero-order valence-electron chi connectivity index (χ0n) is 9.40. The summed E-state index contributed by atoms with van der Waals surface area (Å²) in [6.07, 6.45) is 1.78. The Labute approximate surface area is 104 Å². The van der Waals surface area contributed by atoms with Gasteiger partial charge in [-0.3, -0.25) is 10.1 Å². The number of rotatable bonds is 6. The maximum Gasteiger partial charge on any atom is 0.236 e. The molecule has 4 nitrogen and oxygen atoms in total. The number of nitrogens with zero attached hydrogens (tertiary/aromatic N) is 2. The van der Waals surface area contributed by atoms with Crippen LogP contribution < -0.4 is 5.32 Å². The van der Waals surface area contributed by atoms with E-state index in [-0.39, 0.29) is 5.91 Å². The van der Waals surface area contributed by atoms with Crippen molar-refractivity contribution < 1.29 is 4.79 Å². The Morgan fingerprint density at radius 1 is 1.62 bits per heavy atom. The van der Waals surface area contributed by atoms with E-state index in [4.69, 9.17) is 0 Å². The third-order valence-electron chi connectivity index (χ3n) is 1.65. The van der Waals surface area contributed by atoms with Crippen LogP contribution in [-0.4, -0.2) is 27.6 Å². The van der Waals surface area contributed by atoms with Gasteiger partial charge in [0, 0.05) is 11.7 Å². The Hall–Kier alpha value is -0.880. The first-order chi connectivity index (χ1) is 7.63. The van der Waals surface area contributed by atoms with Crippen LogP contribution in [0, 0.1) is 0 Å². The van der Waals surface area contributed by atoms with E-state index in [9.17, 15) is 4.79 Å². The number of amides is 1. The second kappa shape index (κ2) is 6.65. The van der Waals surface area contributed by atoms with E-state index in [1.165, 1.54) is 23.1 Å². The van der Waals surface area contributed by atoms with Gasteiger partial charge in [-0.05, 0) is 0 Å². The molecule has 0 saturated carbocycles. The van der Waals surface area contributed by atoms with Gasteiger partial charge >= 0.3 is 0 Å². The summed E-state index contributed by atoms with van der Waals surface area (Å²) in [6.45, 7) is 7.69. The average Bonchev–Trinajstić information content (AvgIpc) is 2.66. The van der Waals surface area contributed by atoms with Crippen LogP contribution in [0.1, 0.15) is 24.8 Å². The van der Waals surface area contributed by atoms with Crippen molar-refractivity contribution in [3.63, 3.8) is 0 Å². The molecule has 0 unspecified atom stereocenters. The van der Waals surface area contributed by atoms with E-state index in [1.807, 2.05) is 13.8 Å². The molecule has 0 bridgehead atoms. The van der Waals surface area contributed by atoms with Crippen molar-refractivity contribution in [3.05, 3.63) is 17.7 Å². The molecule has 0 aliphatic rings. The standard InChI is InChI=1S/C10H15N3OS2/c1-4-5-15-6-8(14)11-10-13-12-9(16-10)7(2)3/h4,7H,1,5-6H2,2-3H3,(H,11,13,14). The number of hydrogen-bond donors (Lipinski definition) is 1. The minimum absolute atomic E-state index is 0.0432. The monoisotopic (exact) mass is 257 g/mol. The molecule has 0 aliphatic heterocycles. The zero-order valence-corrected chi connectivity index (χ0v) is 11.0. The molecule has 1 rings (SSSR count). The summed E-state index contributed by atoms with van der Waals surface area (Å²) in [5.74, 6) is 1.50. The van der Waals surface area contributed by atoms with E-state index in [0.29, 0.717) is 16.8 Å². The Balaban J connectivity index is 2.40. The largest absolute Gasteiger partial charge is 0.300 e. The molecule has 0 radical (unpaired) electrons. The third kappa shape index (κ3) is 4.32. The van der Waals surface area contributed by atoms with Crippen LogP contribution in [0.2, 0.25) is 0 Å². The molecule has 1 N–H and O–H groups in total. The van der Waals surface area contributed by atoms with Crippen LogP contribution in [0.15, 0.2) is 12.7 Å². The van der Waals surface area contributed by atoms with E-state index in [2.05, 4.69) is 22.1 Å². The van der Waals surface area contributed by atoms with Gasteiger partial charge in [0.05, 0.1) is 5.75 Å². The molecular formula is C10H15N3OS2. The Morgan fingerprint density at radius 2 is 2.38 bits per heavy atom. The molecule has 16 heavy (non-hydrogen) atoms. The van der Waals surface area contributed by atoms with Gasteiger partial charge in [-0.1, -0.05) is 31.3 Å². The number of anilines is 1. The highest BCUT2D eigenvalue weighted by atomic mass is 32.2. The molecule has 6 heteroatoms. The molecule has 1 aromatic heterocycles. The van der Waals surface area contributed by atoms with Gasteiger partial charge in [0.1, 0.15) is 5.01 Å². The number of thioether (sulfide) groups is 1. The lowest BCUT2D eigenvalue weighted by atomic mass is 10.2. The Morgan fingerprint density at radius 3 is 2.94 bits per heavy atom. The zero-order chi connectivity index (χ0) is 12.0. The van der Waals surface area contributed by atoms with Gasteiger partial charge in [0.2, 0.25) is 11.0 Å². The highest BCUT2D eigenvalue weighted by Crippen LogP contribution is 2.22. The molecule has 1 heterocycles. The molecule has 0 spiro atoms. The van der Waals surface area contributed by atoms with E-state index in [0.717, 1.165) is 10.8 Å². The van der Waals surface area contributed by atoms with E-state index < -0.39 is 0 Å². The number of nitrogens with one attached hydrogen (secondary N) is 1. The fourth-order valence-electron chi connectivity index (χ4n) is 0.909. The average molecular weight is 257 g/mol. The fourth-order valence-corrected chi connectivity index (χ4v) is 2.21. The summed E-state index contributed by atoms with van der Waals surface area (Å²) in [4.78, 5) is 11.4. The van der Waals surface area contributed by atoms with Gasteiger partial charge < -0.3 is 0 Å². The molecule has 0 fully saturated rings. The van der Waals surface area contributed by atoms with Crippen LogP contribution in [-0.2, 0) is 4.79 Å². The van der Waals surface area contributed by atoms with Gasteiger partial charge in [-0.25, -0.2) is 0 Å². The topological polar surface area (TPSA) is 54.9 Å². The predicted octanol–water partition coefficient (Wildman–Crippen LogP) is 2.52. The first-order valence-corrected chi connectivity index (χ1v) is 6.92. The Bertz CT molecular complexity index is 363. The van der Waals surface area contributed by atoms with Crippen molar-refractivity contribution >= 4 is 34.1 Å². The minimum atomic E-state index is -0.0432. The van der Waals surface area contributed by atoms with Crippen molar-refractivity contribution in [1.29, 1.82) is 0 Å². The lowest BCUT2D eigenvalue weighted by Gasteiger charge is -1.99. The normalized spacial score (nSPS) is 10.4. The fraction of sp³-hybridized carbons (Fsp3) is 0.500. The van der Waals surface area contributed by atoms with Crippen LogP contribution in [0.3, 0.4) is 0 Å². The maximum absolute atomic E-state index is 11.4.